The van der Waals surface area contributed by atoms with Gasteiger partial charge in [0, 0.05) is 12.0 Å². The van der Waals surface area contributed by atoms with E-state index in [1.807, 2.05) is 0 Å². The molecule has 20 heavy (non-hydrogen) atoms. The summed E-state index contributed by atoms with van der Waals surface area (Å²) in [5.74, 6) is -0.101. The molecule has 0 aromatic carbocycles. The Balaban J connectivity index is 1.98. The highest BCUT2D eigenvalue weighted by Gasteiger charge is 2.48. The number of nitriles is 1. The van der Waals surface area contributed by atoms with Crippen LogP contribution in [0.2, 0.25) is 0 Å². The largest absolute Gasteiger partial charge is 0.347 e. The fraction of sp³-hybridized carbons (Fsp3) is 0.733. The molecule has 0 bridgehead atoms. The van der Waals surface area contributed by atoms with E-state index >= 15 is 0 Å². The molecule has 0 amide bonds. The second-order valence-electron chi connectivity index (χ2n) is 5.54. The highest BCUT2D eigenvalue weighted by Crippen LogP contribution is 2.47. The van der Waals surface area contributed by atoms with Gasteiger partial charge < -0.3 is 14.0 Å². The fourth-order valence-electron chi connectivity index (χ4n) is 3.45. The first-order chi connectivity index (χ1) is 9.80. The molecule has 1 aliphatic heterocycles. The number of hydrogen-bond donors (Lipinski definition) is 0. The maximum atomic E-state index is 9.17. The predicted octanol–water partition coefficient (Wildman–Crippen LogP) is 2.90. The highest BCUT2D eigenvalue weighted by atomic mass is 16.7. The van der Waals surface area contributed by atoms with Crippen molar-refractivity contribution >= 4 is 0 Å². The summed E-state index contributed by atoms with van der Waals surface area (Å²) in [5, 5.41) is 13.4. The minimum Gasteiger partial charge on any atom is -0.347 e. The summed E-state index contributed by atoms with van der Waals surface area (Å²) in [7, 11) is 0. The first-order valence-corrected chi connectivity index (χ1v) is 7.47. The van der Waals surface area contributed by atoms with Gasteiger partial charge in [-0.25, -0.2) is 0 Å². The summed E-state index contributed by atoms with van der Waals surface area (Å²) in [6, 6.07) is 2.11. The number of ether oxygens (including phenoxy) is 2. The van der Waals surface area contributed by atoms with E-state index in [9.17, 15) is 0 Å². The van der Waals surface area contributed by atoms with Crippen molar-refractivity contribution in [1.82, 2.24) is 5.16 Å². The van der Waals surface area contributed by atoms with E-state index in [2.05, 4.69) is 18.1 Å². The lowest BCUT2D eigenvalue weighted by Gasteiger charge is -2.38. The molecule has 3 rings (SSSR count). The molecule has 1 atom stereocenters. The number of nitrogens with zero attached hydrogens (tertiary/aromatic N) is 2. The molecule has 2 fully saturated rings. The van der Waals surface area contributed by atoms with Crippen molar-refractivity contribution in [3.63, 3.8) is 0 Å². The molecule has 0 radical (unpaired) electrons. The summed E-state index contributed by atoms with van der Waals surface area (Å²) in [5.41, 5.74) is 1.82. The Hall–Kier alpha value is -1.38. The Bertz CT molecular complexity index is 512. The molecule has 1 spiro atoms. The quantitative estimate of drug-likeness (QED) is 0.849. The van der Waals surface area contributed by atoms with E-state index in [1.165, 1.54) is 0 Å². The molecule has 5 heteroatoms. The molecule has 1 aliphatic carbocycles. The molecule has 1 aromatic rings. The van der Waals surface area contributed by atoms with Gasteiger partial charge in [0.1, 0.15) is 6.07 Å². The smallest absolute Gasteiger partial charge is 0.239 e. The van der Waals surface area contributed by atoms with Gasteiger partial charge in [0.05, 0.1) is 24.8 Å². The van der Waals surface area contributed by atoms with Crippen LogP contribution in [0.15, 0.2) is 4.52 Å². The first-order valence-electron chi connectivity index (χ1n) is 7.47. The zero-order chi connectivity index (χ0) is 14.0. The van der Waals surface area contributed by atoms with Crippen LogP contribution in [0.4, 0.5) is 0 Å². The van der Waals surface area contributed by atoms with Crippen LogP contribution in [0.5, 0.6) is 0 Å². The van der Waals surface area contributed by atoms with Crippen LogP contribution in [0.3, 0.4) is 0 Å². The van der Waals surface area contributed by atoms with Crippen LogP contribution in [0, 0.1) is 11.3 Å². The average molecular weight is 276 g/mol. The Morgan fingerprint density at radius 1 is 1.35 bits per heavy atom. The second-order valence-corrected chi connectivity index (χ2v) is 5.54. The van der Waals surface area contributed by atoms with Crippen molar-refractivity contribution in [2.24, 2.45) is 0 Å². The summed E-state index contributed by atoms with van der Waals surface area (Å²) in [4.78, 5) is 0. The number of hydrogen-bond acceptors (Lipinski definition) is 5. The molecule has 1 saturated heterocycles. The van der Waals surface area contributed by atoms with Crippen LogP contribution in [0.25, 0.3) is 0 Å². The summed E-state index contributed by atoms with van der Waals surface area (Å²) >= 11 is 0. The van der Waals surface area contributed by atoms with Gasteiger partial charge in [0.15, 0.2) is 5.79 Å². The molecule has 2 heterocycles. The second kappa shape index (κ2) is 5.55. The predicted molar refractivity (Wildman–Crippen MR) is 71.1 cm³/mol. The van der Waals surface area contributed by atoms with Gasteiger partial charge in [0.25, 0.3) is 0 Å². The van der Waals surface area contributed by atoms with E-state index in [0.29, 0.717) is 19.0 Å². The molecule has 0 unspecified atom stereocenters. The van der Waals surface area contributed by atoms with Gasteiger partial charge in [-0.1, -0.05) is 24.9 Å². The van der Waals surface area contributed by atoms with Crippen LogP contribution in [0.1, 0.15) is 62.0 Å². The maximum absolute atomic E-state index is 9.17. The van der Waals surface area contributed by atoms with Crippen molar-refractivity contribution in [2.75, 3.05) is 13.2 Å². The lowest BCUT2D eigenvalue weighted by molar-refractivity contribution is -0.192. The standard InChI is InChI=1S/C15H20N2O3/c1-2-5-11-13(10-16)20-17-14(11)12-6-3-4-7-15(12)18-8-9-19-15/h12H,2-9H2,1H3/t12-/m1/s1. The molecular formula is C15H20N2O3. The van der Waals surface area contributed by atoms with E-state index in [1.54, 1.807) is 0 Å². The van der Waals surface area contributed by atoms with Gasteiger partial charge in [-0.05, 0) is 19.3 Å². The van der Waals surface area contributed by atoms with Crippen molar-refractivity contribution in [3.8, 4) is 6.07 Å². The lowest BCUT2D eigenvalue weighted by atomic mass is 9.79. The Labute approximate surface area is 118 Å². The molecular weight excluding hydrogens is 256 g/mol. The molecule has 108 valence electrons. The van der Waals surface area contributed by atoms with Crippen LogP contribution in [-0.2, 0) is 15.9 Å². The van der Waals surface area contributed by atoms with Gasteiger partial charge in [-0.2, -0.15) is 5.26 Å². The topological polar surface area (TPSA) is 68.3 Å². The van der Waals surface area contributed by atoms with E-state index in [0.717, 1.165) is 49.8 Å². The van der Waals surface area contributed by atoms with Crippen molar-refractivity contribution < 1.29 is 14.0 Å². The third kappa shape index (κ3) is 2.13. The molecule has 1 aromatic heterocycles. The van der Waals surface area contributed by atoms with Gasteiger partial charge in [-0.15, -0.1) is 0 Å². The normalized spacial score (nSPS) is 24.9. The number of rotatable bonds is 3. The summed E-state index contributed by atoms with van der Waals surface area (Å²) in [6.07, 6.45) is 5.91. The molecule has 0 N–H and O–H groups in total. The Kier molecular flexibility index (Phi) is 3.77. The Morgan fingerprint density at radius 3 is 2.85 bits per heavy atom. The zero-order valence-electron chi connectivity index (χ0n) is 11.9. The van der Waals surface area contributed by atoms with Crippen molar-refractivity contribution in [3.05, 3.63) is 17.0 Å². The number of aromatic nitrogens is 1. The highest BCUT2D eigenvalue weighted by molar-refractivity contribution is 5.35. The molecule has 5 nitrogen and oxygen atoms in total. The average Bonchev–Trinajstić information content (AvgIpc) is 3.08. The van der Waals surface area contributed by atoms with Gasteiger partial charge >= 0.3 is 0 Å². The van der Waals surface area contributed by atoms with Gasteiger partial charge in [-0.3, -0.25) is 0 Å². The van der Waals surface area contributed by atoms with E-state index in [-0.39, 0.29) is 5.92 Å². The van der Waals surface area contributed by atoms with Crippen LogP contribution < -0.4 is 0 Å². The van der Waals surface area contributed by atoms with E-state index < -0.39 is 5.79 Å². The first kappa shape index (κ1) is 13.6. The van der Waals surface area contributed by atoms with Crippen LogP contribution >= 0.6 is 0 Å². The van der Waals surface area contributed by atoms with Gasteiger partial charge in [0.2, 0.25) is 5.76 Å². The molecule has 1 saturated carbocycles. The monoisotopic (exact) mass is 276 g/mol. The maximum Gasteiger partial charge on any atom is 0.239 e. The summed E-state index contributed by atoms with van der Waals surface area (Å²) in [6.45, 7) is 3.38. The summed E-state index contributed by atoms with van der Waals surface area (Å²) < 4.78 is 17.1. The van der Waals surface area contributed by atoms with Crippen LogP contribution in [-0.4, -0.2) is 24.2 Å². The zero-order valence-corrected chi connectivity index (χ0v) is 11.9. The van der Waals surface area contributed by atoms with Crippen molar-refractivity contribution in [1.29, 1.82) is 5.26 Å². The minimum atomic E-state index is -0.537. The van der Waals surface area contributed by atoms with E-state index in [4.69, 9.17) is 19.3 Å². The lowest BCUT2D eigenvalue weighted by Crippen LogP contribution is -2.40. The SMILES string of the molecule is CCCc1c([C@H]2CCCCC23OCCO3)noc1C#N. The van der Waals surface area contributed by atoms with Crippen molar-refractivity contribution in [2.45, 2.75) is 57.2 Å². The Morgan fingerprint density at radius 2 is 2.15 bits per heavy atom. The minimum absolute atomic E-state index is 0.0890. The molecule has 2 aliphatic rings. The third-order valence-corrected chi connectivity index (χ3v) is 4.33. The fourth-order valence-corrected chi connectivity index (χ4v) is 3.45. The third-order valence-electron chi connectivity index (χ3n) is 4.33.